The summed E-state index contributed by atoms with van der Waals surface area (Å²) in [6.45, 7) is 9.32. The number of hydrogen-bond donors (Lipinski definition) is 0. The van der Waals surface area contributed by atoms with Crippen LogP contribution in [0.5, 0.6) is 34.5 Å². The van der Waals surface area contributed by atoms with E-state index in [9.17, 15) is 24.4 Å². The monoisotopic (exact) mass is 823 g/mol. The van der Waals surface area contributed by atoms with Crippen molar-refractivity contribution in [3.63, 3.8) is 0 Å². The molecule has 0 amide bonds. The van der Waals surface area contributed by atoms with Crippen LogP contribution in [0.15, 0.2) is 122 Å². The molecule has 5 rings (SSSR count). The van der Waals surface area contributed by atoms with Crippen LogP contribution in [0.2, 0.25) is 0 Å². The van der Waals surface area contributed by atoms with Gasteiger partial charge in [-0.2, -0.15) is 5.26 Å². The number of carbonyl (C=O) groups excluding carboxylic acids is 4. The molecule has 5 aromatic rings. The van der Waals surface area contributed by atoms with E-state index in [4.69, 9.17) is 28.4 Å². The van der Waals surface area contributed by atoms with Gasteiger partial charge in [-0.1, -0.05) is 58.4 Å². The van der Waals surface area contributed by atoms with E-state index >= 15 is 0 Å². The van der Waals surface area contributed by atoms with Gasteiger partial charge >= 0.3 is 23.9 Å². The summed E-state index contributed by atoms with van der Waals surface area (Å²) in [5.41, 5.74) is 1.79. The van der Waals surface area contributed by atoms with Gasteiger partial charge in [0.2, 0.25) is 0 Å². The quantitative estimate of drug-likeness (QED) is 0.0284. The molecule has 0 saturated heterocycles. The minimum Gasteiger partial charge on any atom is -0.494 e. The van der Waals surface area contributed by atoms with Crippen molar-refractivity contribution in [3.8, 4) is 40.6 Å². The summed E-state index contributed by atoms with van der Waals surface area (Å²) in [5.74, 6) is -1.03. The first kappa shape index (κ1) is 44.9. The van der Waals surface area contributed by atoms with Crippen LogP contribution in [-0.2, 0) is 6.42 Å². The summed E-state index contributed by atoms with van der Waals surface area (Å²) in [4.78, 5) is 51.9. The van der Waals surface area contributed by atoms with E-state index in [1.165, 1.54) is 73.2 Å². The summed E-state index contributed by atoms with van der Waals surface area (Å²) in [7, 11) is 0. The molecule has 0 fully saturated rings. The van der Waals surface area contributed by atoms with Crippen LogP contribution < -0.4 is 28.4 Å². The summed E-state index contributed by atoms with van der Waals surface area (Å²) < 4.78 is 33.8. The smallest absolute Gasteiger partial charge is 0.343 e. The Morgan fingerprint density at radius 2 is 0.967 bits per heavy atom. The van der Waals surface area contributed by atoms with Crippen LogP contribution in [0, 0.1) is 11.3 Å². The SMILES string of the molecule is C=CCc1cc(C(=O)Oc2ccc(C(=O)Oc3ccc(C#N)c(OC(=O)c4ccc(OC(=O)c5ccc(OCCCCCC)cc5)cc4)c3)cc2)ccc1OCCCCCC. The third-order valence-electron chi connectivity index (χ3n) is 9.36. The Bertz CT molecular complexity index is 2310. The lowest BCUT2D eigenvalue weighted by Crippen LogP contribution is -2.12. The molecule has 0 saturated carbocycles. The molecule has 0 unspecified atom stereocenters. The van der Waals surface area contributed by atoms with Crippen molar-refractivity contribution in [2.24, 2.45) is 0 Å². The summed E-state index contributed by atoms with van der Waals surface area (Å²) in [6, 6.07) is 29.3. The number of benzene rings is 5. The molecule has 0 aliphatic rings. The number of hydrogen-bond acceptors (Lipinski definition) is 11. The van der Waals surface area contributed by atoms with Gasteiger partial charge in [-0.3, -0.25) is 0 Å². The molecule has 0 spiro atoms. The van der Waals surface area contributed by atoms with Crippen LogP contribution in [0.25, 0.3) is 0 Å². The van der Waals surface area contributed by atoms with Crippen LogP contribution in [0.3, 0.4) is 0 Å². The lowest BCUT2D eigenvalue weighted by atomic mass is 10.1. The van der Waals surface area contributed by atoms with Crippen LogP contribution in [-0.4, -0.2) is 37.1 Å². The van der Waals surface area contributed by atoms with Crippen molar-refractivity contribution < 1.29 is 47.6 Å². The van der Waals surface area contributed by atoms with Crippen molar-refractivity contribution in [2.75, 3.05) is 13.2 Å². The molecule has 0 bridgehead atoms. The highest BCUT2D eigenvalue weighted by Gasteiger charge is 2.18. The molecule has 0 radical (unpaired) electrons. The zero-order chi connectivity index (χ0) is 43.4. The number of rotatable bonds is 22. The number of unbranched alkanes of at least 4 members (excludes halogenated alkanes) is 6. The number of carbonyl (C=O) groups is 4. The summed E-state index contributed by atoms with van der Waals surface area (Å²) in [6.07, 6.45) is 11.0. The van der Waals surface area contributed by atoms with Gasteiger partial charge in [0.15, 0.2) is 5.75 Å². The molecule has 0 atom stereocenters. The Kier molecular flexibility index (Phi) is 17.2. The first-order valence-electron chi connectivity index (χ1n) is 20.4. The lowest BCUT2D eigenvalue weighted by Gasteiger charge is -2.12. The molecule has 0 heterocycles. The number of allylic oxidation sites excluding steroid dienone is 1. The zero-order valence-electron chi connectivity index (χ0n) is 34.5. The van der Waals surface area contributed by atoms with Crippen molar-refractivity contribution in [1.29, 1.82) is 5.26 Å². The Labute approximate surface area is 356 Å². The van der Waals surface area contributed by atoms with E-state index in [2.05, 4.69) is 20.4 Å². The second-order valence-electron chi connectivity index (χ2n) is 14.0. The van der Waals surface area contributed by atoms with Crippen LogP contribution in [0.1, 0.15) is 118 Å². The van der Waals surface area contributed by atoms with Gasteiger partial charge in [-0.25, -0.2) is 19.2 Å². The highest BCUT2D eigenvalue weighted by atomic mass is 16.6. The molecule has 5 aromatic carbocycles. The fourth-order valence-corrected chi connectivity index (χ4v) is 6.00. The Morgan fingerprint density at radius 1 is 0.508 bits per heavy atom. The average molecular weight is 824 g/mol. The van der Waals surface area contributed by atoms with Gasteiger partial charge in [-0.05, 0) is 128 Å². The van der Waals surface area contributed by atoms with Crippen molar-refractivity contribution in [2.45, 2.75) is 71.6 Å². The Morgan fingerprint density at radius 3 is 1.49 bits per heavy atom. The minimum atomic E-state index is -0.799. The van der Waals surface area contributed by atoms with Gasteiger partial charge in [0.25, 0.3) is 0 Å². The summed E-state index contributed by atoms with van der Waals surface area (Å²) in [5, 5.41) is 9.66. The normalized spacial score (nSPS) is 10.5. The van der Waals surface area contributed by atoms with Crippen molar-refractivity contribution >= 4 is 23.9 Å². The predicted molar refractivity (Wildman–Crippen MR) is 230 cm³/mol. The molecule has 11 heteroatoms. The molecular formula is C50H49NO10. The number of esters is 4. The minimum absolute atomic E-state index is 0.0137. The van der Waals surface area contributed by atoms with Gasteiger partial charge < -0.3 is 28.4 Å². The molecule has 0 aromatic heterocycles. The maximum Gasteiger partial charge on any atom is 0.343 e. The second kappa shape index (κ2) is 23.4. The van der Waals surface area contributed by atoms with Crippen LogP contribution in [0.4, 0.5) is 0 Å². The number of nitrogens with zero attached hydrogens (tertiary/aromatic N) is 1. The fraction of sp³-hybridized carbons (Fsp3) is 0.260. The van der Waals surface area contributed by atoms with Gasteiger partial charge in [0, 0.05) is 6.07 Å². The largest absolute Gasteiger partial charge is 0.494 e. The third-order valence-corrected chi connectivity index (χ3v) is 9.36. The maximum atomic E-state index is 13.1. The molecule has 0 aliphatic carbocycles. The lowest BCUT2D eigenvalue weighted by molar-refractivity contribution is 0.0723. The fourth-order valence-electron chi connectivity index (χ4n) is 6.00. The number of ether oxygens (including phenoxy) is 6. The highest BCUT2D eigenvalue weighted by Crippen LogP contribution is 2.28. The molecule has 0 N–H and O–H groups in total. The van der Waals surface area contributed by atoms with Crippen molar-refractivity contribution in [3.05, 3.63) is 155 Å². The number of nitriles is 1. The molecule has 11 nitrogen and oxygen atoms in total. The average Bonchev–Trinajstić information content (AvgIpc) is 3.27. The Hall–Kier alpha value is -7.19. The first-order chi connectivity index (χ1) is 29.7. The van der Waals surface area contributed by atoms with E-state index in [1.54, 1.807) is 48.5 Å². The van der Waals surface area contributed by atoms with E-state index < -0.39 is 23.9 Å². The van der Waals surface area contributed by atoms with E-state index in [0.717, 1.165) is 50.5 Å². The van der Waals surface area contributed by atoms with E-state index in [0.29, 0.717) is 42.3 Å². The van der Waals surface area contributed by atoms with Gasteiger partial charge in [-0.15, -0.1) is 6.58 Å². The third kappa shape index (κ3) is 13.7. The highest BCUT2D eigenvalue weighted by molar-refractivity contribution is 5.94. The topological polar surface area (TPSA) is 147 Å². The van der Waals surface area contributed by atoms with E-state index in [1.807, 2.05) is 6.07 Å². The standard InChI is InChI=1S/C50H49NO10/c1-4-7-9-11-30-56-41-22-14-35(15-23-41)47(52)58-42-26-18-37(19-27-42)49(54)61-46-33-44(28-20-40(46)34-51)60-48(53)36-16-24-43(25-17-36)59-50(55)39-21-29-45(38(32-39)13-6-3)57-31-12-10-8-5-2/h6,14-29,32-33H,3-5,7-13,30-31H2,1-2H3. The first-order valence-corrected chi connectivity index (χ1v) is 20.4. The molecule has 61 heavy (non-hydrogen) atoms. The van der Waals surface area contributed by atoms with Gasteiger partial charge in [0.1, 0.15) is 34.8 Å². The molecule has 314 valence electrons. The molecular weight excluding hydrogens is 775 g/mol. The van der Waals surface area contributed by atoms with Crippen LogP contribution >= 0.6 is 0 Å². The maximum absolute atomic E-state index is 13.1. The van der Waals surface area contributed by atoms with Crippen molar-refractivity contribution in [1.82, 2.24) is 0 Å². The molecule has 0 aliphatic heterocycles. The zero-order valence-corrected chi connectivity index (χ0v) is 34.5. The van der Waals surface area contributed by atoms with Gasteiger partial charge in [0.05, 0.1) is 41.0 Å². The van der Waals surface area contributed by atoms with E-state index in [-0.39, 0.29) is 39.7 Å². The Balaban J connectivity index is 1.13. The second-order valence-corrected chi connectivity index (χ2v) is 14.0. The predicted octanol–water partition coefficient (Wildman–Crippen LogP) is 11.1. The summed E-state index contributed by atoms with van der Waals surface area (Å²) >= 11 is 0.